The van der Waals surface area contributed by atoms with Crippen LogP contribution in [0.4, 0.5) is 0 Å². The van der Waals surface area contributed by atoms with E-state index in [0.29, 0.717) is 27.9 Å². The molecule has 3 aromatic rings. The maximum absolute atomic E-state index is 12.8. The summed E-state index contributed by atoms with van der Waals surface area (Å²) in [4.78, 5) is 12.8. The van der Waals surface area contributed by atoms with Gasteiger partial charge in [-0.05, 0) is 31.2 Å². The summed E-state index contributed by atoms with van der Waals surface area (Å²) >= 11 is 6.19. The molecule has 0 aliphatic rings. The van der Waals surface area contributed by atoms with Crippen molar-refractivity contribution in [1.82, 2.24) is 9.78 Å². The van der Waals surface area contributed by atoms with Crippen LogP contribution in [-0.4, -0.2) is 16.4 Å². The highest BCUT2D eigenvalue weighted by Gasteiger charge is 2.08. The van der Waals surface area contributed by atoms with Crippen LogP contribution in [-0.2, 0) is 0 Å². The minimum atomic E-state index is -0.209. The van der Waals surface area contributed by atoms with Crippen LogP contribution in [0.25, 0.3) is 18.3 Å². The third kappa shape index (κ3) is 3.01. The van der Waals surface area contributed by atoms with Gasteiger partial charge in [0.1, 0.15) is 5.75 Å². The number of nitrogens with one attached hydrogen (secondary N) is 1. The SMILES string of the molecule is C=c1[nH]n(-c2ccccc2Cl)c(=O)c1=Cc1ccccc1OCC. The van der Waals surface area contributed by atoms with Gasteiger partial charge in [-0.3, -0.25) is 9.89 Å². The van der Waals surface area contributed by atoms with E-state index in [1.54, 1.807) is 18.2 Å². The van der Waals surface area contributed by atoms with Crippen LogP contribution in [0.3, 0.4) is 0 Å². The van der Waals surface area contributed by atoms with Crippen LogP contribution >= 0.6 is 11.6 Å². The Bertz CT molecular complexity index is 1030. The zero-order valence-corrected chi connectivity index (χ0v) is 14.0. The molecule has 5 heteroatoms. The van der Waals surface area contributed by atoms with Crippen LogP contribution in [0.15, 0.2) is 53.3 Å². The van der Waals surface area contributed by atoms with Gasteiger partial charge in [0.15, 0.2) is 0 Å². The molecule has 1 heterocycles. The minimum Gasteiger partial charge on any atom is -0.493 e. The second kappa shape index (κ2) is 6.81. The number of hydrogen-bond acceptors (Lipinski definition) is 2. The smallest absolute Gasteiger partial charge is 0.279 e. The molecule has 0 fully saturated rings. The molecule has 3 rings (SSSR count). The van der Waals surface area contributed by atoms with Crippen LogP contribution in [0.2, 0.25) is 5.02 Å². The molecule has 2 aromatic carbocycles. The molecule has 1 aromatic heterocycles. The number of aromatic amines is 1. The van der Waals surface area contributed by atoms with Crippen molar-refractivity contribution in [2.45, 2.75) is 6.92 Å². The average Bonchev–Trinajstić information content (AvgIpc) is 2.85. The third-order valence-electron chi connectivity index (χ3n) is 3.62. The van der Waals surface area contributed by atoms with Gasteiger partial charge in [-0.2, -0.15) is 0 Å². The predicted molar refractivity (Wildman–Crippen MR) is 97.3 cm³/mol. The van der Waals surface area contributed by atoms with Crippen molar-refractivity contribution in [1.29, 1.82) is 0 Å². The first-order valence-electron chi connectivity index (χ1n) is 7.60. The van der Waals surface area contributed by atoms with E-state index in [4.69, 9.17) is 16.3 Å². The zero-order chi connectivity index (χ0) is 17.1. The van der Waals surface area contributed by atoms with Gasteiger partial charge in [-0.1, -0.05) is 48.5 Å². The Balaban J connectivity index is 2.20. The van der Waals surface area contributed by atoms with Gasteiger partial charge in [0.05, 0.1) is 27.9 Å². The molecule has 0 spiro atoms. The topological polar surface area (TPSA) is 47.0 Å². The number of aromatic nitrogens is 2. The van der Waals surface area contributed by atoms with Crippen molar-refractivity contribution < 1.29 is 4.74 Å². The van der Waals surface area contributed by atoms with E-state index in [1.165, 1.54) is 4.68 Å². The number of nitrogens with zero attached hydrogens (tertiary/aromatic N) is 1. The molecule has 0 saturated heterocycles. The number of para-hydroxylation sites is 2. The fourth-order valence-electron chi connectivity index (χ4n) is 2.49. The number of ether oxygens (including phenoxy) is 1. The molecular formula is C19H17ClN2O2. The highest BCUT2D eigenvalue weighted by atomic mass is 35.5. The van der Waals surface area contributed by atoms with E-state index >= 15 is 0 Å². The molecule has 122 valence electrons. The van der Waals surface area contributed by atoms with Crippen molar-refractivity contribution in [3.05, 3.63) is 80.0 Å². The average molecular weight is 341 g/mol. The lowest BCUT2D eigenvalue weighted by Crippen LogP contribution is -2.34. The Morgan fingerprint density at radius 1 is 1.21 bits per heavy atom. The van der Waals surface area contributed by atoms with Crippen molar-refractivity contribution in [2.24, 2.45) is 0 Å². The summed E-state index contributed by atoms with van der Waals surface area (Å²) in [5.74, 6) is 0.726. The predicted octanol–water partition coefficient (Wildman–Crippen LogP) is 2.46. The lowest BCUT2D eigenvalue weighted by Gasteiger charge is -2.05. The quantitative estimate of drug-likeness (QED) is 0.793. The fourth-order valence-corrected chi connectivity index (χ4v) is 2.71. The summed E-state index contributed by atoms with van der Waals surface area (Å²) in [6, 6.07) is 14.7. The first-order valence-corrected chi connectivity index (χ1v) is 7.98. The molecular weight excluding hydrogens is 324 g/mol. The summed E-state index contributed by atoms with van der Waals surface area (Å²) in [5, 5.41) is 4.46. The van der Waals surface area contributed by atoms with E-state index in [-0.39, 0.29) is 5.56 Å². The maximum Gasteiger partial charge on any atom is 0.279 e. The first kappa shape index (κ1) is 16.1. The van der Waals surface area contributed by atoms with Crippen LogP contribution in [0.5, 0.6) is 5.75 Å². The molecule has 0 aliphatic heterocycles. The number of benzene rings is 2. The number of halogens is 1. The lowest BCUT2D eigenvalue weighted by molar-refractivity contribution is 0.339. The summed E-state index contributed by atoms with van der Waals surface area (Å²) in [6.45, 7) is 6.41. The maximum atomic E-state index is 12.8. The number of hydrogen-bond donors (Lipinski definition) is 1. The third-order valence-corrected chi connectivity index (χ3v) is 3.94. The molecule has 4 nitrogen and oxygen atoms in total. The standard InChI is InChI=1S/C19H17ClN2O2/c1-3-24-18-11-7-4-8-14(18)12-15-13(2)21-22(19(15)23)17-10-6-5-9-16(17)20/h4-12,21H,2-3H2,1H3. The van der Waals surface area contributed by atoms with E-state index in [2.05, 4.69) is 11.7 Å². The summed E-state index contributed by atoms with van der Waals surface area (Å²) in [6.07, 6.45) is 1.78. The molecule has 1 N–H and O–H groups in total. The van der Waals surface area contributed by atoms with Gasteiger partial charge in [-0.25, -0.2) is 4.68 Å². The van der Waals surface area contributed by atoms with Gasteiger partial charge in [0.25, 0.3) is 5.56 Å². The summed E-state index contributed by atoms with van der Waals surface area (Å²) in [7, 11) is 0. The monoisotopic (exact) mass is 340 g/mol. The molecule has 0 radical (unpaired) electrons. The second-order valence-corrected chi connectivity index (χ2v) is 5.62. The molecule has 0 atom stereocenters. The van der Waals surface area contributed by atoms with Gasteiger partial charge < -0.3 is 4.74 Å². The largest absolute Gasteiger partial charge is 0.493 e. The Hall–Kier alpha value is -2.72. The van der Waals surface area contributed by atoms with Crippen molar-refractivity contribution in [2.75, 3.05) is 6.61 Å². The minimum absolute atomic E-state index is 0.209. The summed E-state index contributed by atoms with van der Waals surface area (Å²) in [5.41, 5.74) is 1.21. The van der Waals surface area contributed by atoms with E-state index in [1.807, 2.05) is 43.3 Å². The number of H-pyrrole nitrogens is 1. The second-order valence-electron chi connectivity index (χ2n) is 5.21. The Kier molecular flexibility index (Phi) is 4.58. The molecule has 0 unspecified atom stereocenters. The van der Waals surface area contributed by atoms with Crippen LogP contribution < -0.4 is 20.9 Å². The van der Waals surface area contributed by atoms with E-state index < -0.39 is 0 Å². The Morgan fingerprint density at radius 2 is 1.92 bits per heavy atom. The van der Waals surface area contributed by atoms with E-state index in [0.717, 1.165) is 11.3 Å². The van der Waals surface area contributed by atoms with E-state index in [9.17, 15) is 4.79 Å². The van der Waals surface area contributed by atoms with Crippen molar-refractivity contribution in [3.8, 4) is 11.4 Å². The fraction of sp³-hybridized carbons (Fsp3) is 0.105. The van der Waals surface area contributed by atoms with Crippen LogP contribution in [0.1, 0.15) is 12.5 Å². The van der Waals surface area contributed by atoms with Crippen LogP contribution in [0, 0.1) is 0 Å². The molecule has 0 bridgehead atoms. The lowest BCUT2D eigenvalue weighted by atomic mass is 10.1. The highest BCUT2D eigenvalue weighted by molar-refractivity contribution is 6.32. The van der Waals surface area contributed by atoms with Gasteiger partial charge in [-0.15, -0.1) is 0 Å². The molecule has 0 saturated carbocycles. The highest BCUT2D eigenvalue weighted by Crippen LogP contribution is 2.18. The van der Waals surface area contributed by atoms with Crippen molar-refractivity contribution in [3.63, 3.8) is 0 Å². The van der Waals surface area contributed by atoms with Gasteiger partial charge in [0.2, 0.25) is 0 Å². The van der Waals surface area contributed by atoms with Gasteiger partial charge >= 0.3 is 0 Å². The Labute approximate surface area is 144 Å². The number of rotatable bonds is 4. The molecule has 0 amide bonds. The Morgan fingerprint density at radius 3 is 2.67 bits per heavy atom. The molecule has 24 heavy (non-hydrogen) atoms. The zero-order valence-electron chi connectivity index (χ0n) is 13.3. The molecule has 0 aliphatic carbocycles. The normalized spacial score (nSPS) is 11.7. The first-order chi connectivity index (χ1) is 11.6. The van der Waals surface area contributed by atoms with Gasteiger partial charge in [0, 0.05) is 5.56 Å². The van der Waals surface area contributed by atoms with Crippen molar-refractivity contribution >= 4 is 24.3 Å². The summed E-state index contributed by atoms with van der Waals surface area (Å²) < 4.78 is 7.01.